The largest absolute Gasteiger partial charge is 0.478 e. The Balaban J connectivity index is 2.74. The van der Waals surface area contributed by atoms with Crippen LogP contribution in [0.25, 0.3) is 21.9 Å². The van der Waals surface area contributed by atoms with Gasteiger partial charge < -0.3 is 21.7 Å². The highest BCUT2D eigenvalue weighted by atomic mass is 16.4. The summed E-state index contributed by atoms with van der Waals surface area (Å²) in [6.07, 6.45) is 0.584. The summed E-state index contributed by atoms with van der Waals surface area (Å²) in [4.78, 5) is 49.0. The van der Waals surface area contributed by atoms with Crippen molar-refractivity contribution >= 4 is 34.5 Å². The van der Waals surface area contributed by atoms with Gasteiger partial charge in [0.2, 0.25) is 11.8 Å². The third kappa shape index (κ3) is 3.56. The molecule has 0 fully saturated rings. The predicted molar refractivity (Wildman–Crippen MR) is 119 cm³/mol. The molecule has 0 bridgehead atoms. The highest BCUT2D eigenvalue weighted by molar-refractivity contribution is 6.25. The molecule has 32 heavy (non-hydrogen) atoms. The minimum atomic E-state index is -1.40. The molecule has 6 N–H and O–H groups in total. The molecule has 0 unspecified atom stereocenters. The first-order valence-corrected chi connectivity index (χ1v) is 9.79. The van der Waals surface area contributed by atoms with Crippen molar-refractivity contribution < 1.29 is 29.4 Å². The van der Waals surface area contributed by atoms with Gasteiger partial charge in [0.15, 0.2) is 0 Å². The number of carboxylic acids is 2. The topological polar surface area (TPSA) is 161 Å². The van der Waals surface area contributed by atoms with Crippen LogP contribution in [0.5, 0.6) is 0 Å². The molecule has 3 aromatic rings. The maximum absolute atomic E-state index is 12.7. The smallest absolute Gasteiger partial charge is 0.336 e. The molecule has 0 radical (unpaired) electrons. The molecule has 0 saturated carbocycles. The quantitative estimate of drug-likeness (QED) is 0.465. The van der Waals surface area contributed by atoms with E-state index in [4.69, 9.17) is 11.5 Å². The summed E-state index contributed by atoms with van der Waals surface area (Å²) >= 11 is 0. The van der Waals surface area contributed by atoms with Gasteiger partial charge in [-0.2, -0.15) is 0 Å². The number of amides is 2. The Morgan fingerprint density at radius 2 is 1.38 bits per heavy atom. The highest BCUT2D eigenvalue weighted by Gasteiger charge is 2.28. The molecule has 0 aliphatic heterocycles. The Morgan fingerprint density at radius 1 is 0.812 bits per heavy atom. The number of primary amides is 2. The minimum Gasteiger partial charge on any atom is -0.478 e. The lowest BCUT2D eigenvalue weighted by Gasteiger charge is -2.20. The van der Waals surface area contributed by atoms with E-state index in [-0.39, 0.29) is 38.6 Å². The zero-order valence-electron chi connectivity index (χ0n) is 17.8. The summed E-state index contributed by atoms with van der Waals surface area (Å²) in [6, 6.07) is 7.29. The first kappa shape index (κ1) is 22.5. The first-order chi connectivity index (χ1) is 15.0. The number of rotatable bonds is 6. The van der Waals surface area contributed by atoms with E-state index in [0.717, 1.165) is 28.8 Å². The van der Waals surface area contributed by atoms with Crippen molar-refractivity contribution in [3.05, 3.63) is 69.3 Å². The van der Waals surface area contributed by atoms with Crippen molar-refractivity contribution in [1.82, 2.24) is 0 Å². The van der Waals surface area contributed by atoms with Crippen molar-refractivity contribution in [2.24, 2.45) is 11.5 Å². The second-order valence-electron chi connectivity index (χ2n) is 7.57. The maximum atomic E-state index is 12.7. The van der Waals surface area contributed by atoms with Crippen LogP contribution in [0.15, 0.2) is 30.3 Å². The Kier molecular flexibility index (Phi) is 5.72. The van der Waals surface area contributed by atoms with Crippen LogP contribution in [0.1, 0.15) is 65.0 Å². The van der Waals surface area contributed by atoms with Gasteiger partial charge in [0.05, 0.1) is 16.7 Å². The van der Waals surface area contributed by atoms with Gasteiger partial charge in [0, 0.05) is 16.3 Å². The molecule has 0 heterocycles. The molecular weight excluding hydrogens is 412 g/mol. The highest BCUT2D eigenvalue weighted by Crippen LogP contribution is 2.39. The van der Waals surface area contributed by atoms with Gasteiger partial charge in [-0.3, -0.25) is 9.59 Å². The molecule has 8 heteroatoms. The lowest BCUT2D eigenvalue weighted by molar-refractivity contribution is 0.0684. The molecule has 3 aromatic carbocycles. The van der Waals surface area contributed by atoms with Gasteiger partial charge in [0.1, 0.15) is 0 Å². The van der Waals surface area contributed by atoms with Crippen molar-refractivity contribution in [3.8, 4) is 11.1 Å². The summed E-state index contributed by atoms with van der Waals surface area (Å²) in [6.45, 7) is 5.66. The standard InChI is InChI=1S/C24H22N2O6/c1-4-12-8-10(2)7-11(3)17(12)15-9-16(21(25)27)18-13(23(29)30)5-6-14(24(31)32)19(18)20(15)22(26)28/h5-9H,4H2,1-3H3,(H2,25,27)(H2,26,28)(H,29,30)(H,31,32). The molecule has 3 rings (SSSR count). The monoisotopic (exact) mass is 434 g/mol. The summed E-state index contributed by atoms with van der Waals surface area (Å²) in [5, 5.41) is 19.0. The van der Waals surface area contributed by atoms with Crippen LogP contribution in [0.4, 0.5) is 0 Å². The fourth-order valence-electron chi connectivity index (χ4n) is 4.29. The normalized spacial score (nSPS) is 10.8. The van der Waals surface area contributed by atoms with E-state index in [1.807, 2.05) is 32.9 Å². The van der Waals surface area contributed by atoms with Crippen molar-refractivity contribution in [3.63, 3.8) is 0 Å². The SMILES string of the molecule is CCc1cc(C)cc(C)c1-c1cc(C(N)=O)c2c(C(=O)O)ccc(C(=O)O)c2c1C(N)=O. The Bertz CT molecular complexity index is 1340. The second kappa shape index (κ2) is 8.14. The molecule has 0 aliphatic carbocycles. The van der Waals surface area contributed by atoms with E-state index in [9.17, 15) is 29.4 Å². The molecule has 0 saturated heterocycles. The molecule has 2 amide bonds. The molecule has 0 aliphatic rings. The van der Waals surface area contributed by atoms with Crippen LogP contribution in [-0.4, -0.2) is 34.0 Å². The molecule has 0 atom stereocenters. The van der Waals surface area contributed by atoms with Gasteiger partial charge in [0.25, 0.3) is 0 Å². The number of nitrogens with two attached hydrogens (primary N) is 2. The lowest BCUT2D eigenvalue weighted by Crippen LogP contribution is -2.20. The summed E-state index contributed by atoms with van der Waals surface area (Å²) in [7, 11) is 0. The van der Waals surface area contributed by atoms with E-state index in [0.29, 0.717) is 12.0 Å². The van der Waals surface area contributed by atoms with E-state index in [1.165, 1.54) is 6.07 Å². The third-order valence-corrected chi connectivity index (χ3v) is 5.47. The van der Waals surface area contributed by atoms with E-state index < -0.39 is 23.8 Å². The van der Waals surface area contributed by atoms with Crippen molar-refractivity contribution in [2.45, 2.75) is 27.2 Å². The number of carbonyl (C=O) groups is 4. The molecule has 0 spiro atoms. The number of fused-ring (bicyclic) bond motifs is 1. The predicted octanol–water partition coefficient (Wildman–Crippen LogP) is 3.28. The van der Waals surface area contributed by atoms with Gasteiger partial charge >= 0.3 is 11.9 Å². The second-order valence-corrected chi connectivity index (χ2v) is 7.57. The summed E-state index contributed by atoms with van der Waals surface area (Å²) < 4.78 is 0. The molecule has 164 valence electrons. The first-order valence-electron chi connectivity index (χ1n) is 9.79. The minimum absolute atomic E-state index is 0.174. The Labute approximate surface area is 183 Å². The van der Waals surface area contributed by atoms with Crippen molar-refractivity contribution in [1.29, 1.82) is 0 Å². The summed E-state index contributed by atoms with van der Waals surface area (Å²) in [5.74, 6) is -4.72. The van der Waals surface area contributed by atoms with E-state index in [2.05, 4.69) is 0 Å². The number of aryl methyl sites for hydroxylation is 3. The Morgan fingerprint density at radius 3 is 1.84 bits per heavy atom. The lowest BCUT2D eigenvalue weighted by atomic mass is 9.82. The number of carbonyl (C=O) groups excluding carboxylic acids is 2. The zero-order valence-corrected chi connectivity index (χ0v) is 17.8. The van der Waals surface area contributed by atoms with Crippen LogP contribution < -0.4 is 11.5 Å². The number of benzene rings is 3. The van der Waals surface area contributed by atoms with Crippen LogP contribution in [0.3, 0.4) is 0 Å². The number of aromatic carboxylic acids is 2. The van der Waals surface area contributed by atoms with Crippen LogP contribution in [0, 0.1) is 13.8 Å². The van der Waals surface area contributed by atoms with E-state index >= 15 is 0 Å². The van der Waals surface area contributed by atoms with Crippen LogP contribution in [-0.2, 0) is 6.42 Å². The number of hydrogen-bond acceptors (Lipinski definition) is 4. The number of carboxylic acid groups (broad SMARTS) is 2. The molecular formula is C24H22N2O6. The fraction of sp³-hybridized carbons (Fsp3) is 0.167. The van der Waals surface area contributed by atoms with Gasteiger partial charge in [-0.25, -0.2) is 9.59 Å². The maximum Gasteiger partial charge on any atom is 0.336 e. The average Bonchev–Trinajstić information content (AvgIpc) is 2.70. The van der Waals surface area contributed by atoms with Crippen LogP contribution >= 0.6 is 0 Å². The Hall–Kier alpha value is -4.20. The number of hydrogen-bond donors (Lipinski definition) is 4. The van der Waals surface area contributed by atoms with Gasteiger partial charge in [-0.05, 0) is 60.7 Å². The fourth-order valence-corrected chi connectivity index (χ4v) is 4.29. The van der Waals surface area contributed by atoms with Gasteiger partial charge in [-0.15, -0.1) is 0 Å². The zero-order chi connectivity index (χ0) is 23.9. The average molecular weight is 434 g/mol. The summed E-state index contributed by atoms with van der Waals surface area (Å²) in [5.41, 5.74) is 13.7. The van der Waals surface area contributed by atoms with Crippen molar-refractivity contribution in [2.75, 3.05) is 0 Å². The third-order valence-electron chi connectivity index (χ3n) is 5.47. The van der Waals surface area contributed by atoms with E-state index in [1.54, 1.807) is 0 Å². The van der Waals surface area contributed by atoms with Gasteiger partial charge in [-0.1, -0.05) is 24.6 Å². The van der Waals surface area contributed by atoms with Crippen LogP contribution in [0.2, 0.25) is 0 Å². The molecule has 8 nitrogen and oxygen atoms in total. The molecule has 0 aromatic heterocycles.